The van der Waals surface area contributed by atoms with Crippen LogP contribution in [0.2, 0.25) is 15.1 Å². The fourth-order valence-electron chi connectivity index (χ4n) is 4.56. The Morgan fingerprint density at radius 3 is 2.30 bits per heavy atom. The maximum atomic E-state index is 12.9. The number of hydrogen-bond donors (Lipinski definition) is 1. The van der Waals surface area contributed by atoms with Crippen molar-refractivity contribution in [3.63, 3.8) is 0 Å². The Balaban J connectivity index is 1.45. The number of fused-ring (bicyclic) bond motifs is 1. The van der Waals surface area contributed by atoms with E-state index in [0.29, 0.717) is 75.6 Å². The van der Waals surface area contributed by atoms with Crippen molar-refractivity contribution in [3.05, 3.63) is 58.1 Å². The highest BCUT2D eigenvalue weighted by atomic mass is 35.5. The number of halogens is 3. The smallest absolute Gasteiger partial charge is 0.245 e. The zero-order valence-corrected chi connectivity index (χ0v) is 20.4. The number of carbonyl (C=O) groups excluding carboxylic acids is 2. The Hall–Kier alpha value is -2.41. The average molecular weight is 509 g/mol. The third-order valence-electron chi connectivity index (χ3n) is 6.26. The number of methoxy groups -OCH3 is 1. The van der Waals surface area contributed by atoms with E-state index in [2.05, 4.69) is 11.9 Å². The molecule has 0 aromatic heterocycles. The monoisotopic (exact) mass is 507 g/mol. The molecule has 9 heteroatoms. The molecule has 2 aromatic carbocycles. The Kier molecular flexibility index (Phi) is 7.07. The molecule has 2 fully saturated rings. The van der Waals surface area contributed by atoms with Gasteiger partial charge in [0.05, 0.1) is 24.4 Å². The lowest BCUT2D eigenvalue weighted by Gasteiger charge is -2.22. The Morgan fingerprint density at radius 2 is 1.67 bits per heavy atom. The van der Waals surface area contributed by atoms with Crippen LogP contribution >= 0.6 is 34.8 Å². The van der Waals surface area contributed by atoms with Crippen molar-refractivity contribution in [1.29, 1.82) is 0 Å². The van der Waals surface area contributed by atoms with Crippen LogP contribution in [0.25, 0.3) is 11.1 Å². The van der Waals surface area contributed by atoms with E-state index < -0.39 is 0 Å². The lowest BCUT2D eigenvalue weighted by Crippen LogP contribution is -2.37. The van der Waals surface area contributed by atoms with E-state index in [-0.39, 0.29) is 18.4 Å². The SMILES string of the molecule is C=CC(=O)N1CC2CN(C(=O)CNc3cc(-c4cc(Cl)ccc4Cl)c(Cl)cc3OC)CC2C1. The van der Waals surface area contributed by atoms with Gasteiger partial charge < -0.3 is 19.9 Å². The Labute approximate surface area is 208 Å². The zero-order chi connectivity index (χ0) is 23.7. The molecule has 2 aromatic rings. The second-order valence-electron chi connectivity index (χ2n) is 8.28. The fraction of sp³-hybridized carbons (Fsp3) is 0.333. The summed E-state index contributed by atoms with van der Waals surface area (Å²) in [7, 11) is 1.54. The minimum absolute atomic E-state index is 0.00895. The molecule has 33 heavy (non-hydrogen) atoms. The van der Waals surface area contributed by atoms with Gasteiger partial charge in [-0.15, -0.1) is 0 Å². The number of rotatable bonds is 6. The summed E-state index contributed by atoms with van der Waals surface area (Å²) in [5.41, 5.74) is 2.00. The average Bonchev–Trinajstić information content (AvgIpc) is 3.38. The highest BCUT2D eigenvalue weighted by Crippen LogP contribution is 2.40. The molecular formula is C24H24Cl3N3O3. The largest absolute Gasteiger partial charge is 0.495 e. The third kappa shape index (κ3) is 4.93. The first-order chi connectivity index (χ1) is 15.8. The maximum Gasteiger partial charge on any atom is 0.245 e. The number of carbonyl (C=O) groups is 2. The molecule has 0 bridgehead atoms. The summed E-state index contributed by atoms with van der Waals surface area (Å²) < 4.78 is 5.46. The second-order valence-corrected chi connectivity index (χ2v) is 9.53. The number of benzene rings is 2. The Bertz CT molecular complexity index is 1090. The van der Waals surface area contributed by atoms with Crippen molar-refractivity contribution in [2.45, 2.75) is 0 Å². The van der Waals surface area contributed by atoms with Gasteiger partial charge in [-0.2, -0.15) is 0 Å². The van der Waals surface area contributed by atoms with Gasteiger partial charge in [0, 0.05) is 65.3 Å². The first-order valence-corrected chi connectivity index (χ1v) is 11.7. The lowest BCUT2D eigenvalue weighted by atomic mass is 10.0. The first kappa shape index (κ1) is 23.7. The van der Waals surface area contributed by atoms with E-state index in [9.17, 15) is 9.59 Å². The van der Waals surface area contributed by atoms with Crippen LogP contribution in [0.15, 0.2) is 43.0 Å². The van der Waals surface area contributed by atoms with Gasteiger partial charge in [-0.25, -0.2) is 0 Å². The molecular weight excluding hydrogens is 485 g/mol. The summed E-state index contributed by atoms with van der Waals surface area (Å²) in [6.07, 6.45) is 1.35. The van der Waals surface area contributed by atoms with Crippen LogP contribution < -0.4 is 10.1 Å². The van der Waals surface area contributed by atoms with Gasteiger partial charge in [-0.3, -0.25) is 9.59 Å². The van der Waals surface area contributed by atoms with Gasteiger partial charge in [0.1, 0.15) is 5.75 Å². The predicted octanol–water partition coefficient (Wildman–Crippen LogP) is 4.84. The van der Waals surface area contributed by atoms with Crippen molar-refractivity contribution >= 4 is 52.3 Å². The number of ether oxygens (including phenoxy) is 1. The molecule has 0 saturated carbocycles. The number of hydrogen-bond acceptors (Lipinski definition) is 4. The molecule has 174 valence electrons. The lowest BCUT2D eigenvalue weighted by molar-refractivity contribution is -0.128. The highest BCUT2D eigenvalue weighted by molar-refractivity contribution is 6.37. The molecule has 2 saturated heterocycles. The van der Waals surface area contributed by atoms with E-state index in [4.69, 9.17) is 39.5 Å². The van der Waals surface area contributed by atoms with Crippen LogP contribution in [-0.2, 0) is 9.59 Å². The van der Waals surface area contributed by atoms with Crippen LogP contribution in [0.4, 0.5) is 5.69 Å². The summed E-state index contributed by atoms with van der Waals surface area (Å²) in [6, 6.07) is 8.66. The molecule has 2 atom stereocenters. The van der Waals surface area contributed by atoms with Crippen LogP contribution in [0.5, 0.6) is 5.75 Å². The van der Waals surface area contributed by atoms with Gasteiger partial charge in [-0.1, -0.05) is 41.4 Å². The molecule has 0 aliphatic carbocycles. The van der Waals surface area contributed by atoms with Gasteiger partial charge in [0.2, 0.25) is 11.8 Å². The van der Waals surface area contributed by atoms with E-state index in [0.717, 1.165) is 0 Å². The summed E-state index contributed by atoms with van der Waals surface area (Å²) >= 11 is 19.0. The van der Waals surface area contributed by atoms with Gasteiger partial charge in [-0.05, 0) is 30.3 Å². The molecule has 2 aliphatic heterocycles. The van der Waals surface area contributed by atoms with Crippen molar-refractivity contribution in [1.82, 2.24) is 9.80 Å². The molecule has 2 amide bonds. The maximum absolute atomic E-state index is 12.9. The van der Waals surface area contributed by atoms with Gasteiger partial charge in [0.15, 0.2) is 0 Å². The molecule has 0 spiro atoms. The van der Waals surface area contributed by atoms with Crippen LogP contribution in [-0.4, -0.2) is 61.4 Å². The third-order valence-corrected chi connectivity index (χ3v) is 7.14. The first-order valence-electron chi connectivity index (χ1n) is 10.6. The number of likely N-dealkylation sites (tertiary alicyclic amines) is 2. The highest BCUT2D eigenvalue weighted by Gasteiger charge is 2.42. The number of nitrogens with zero attached hydrogens (tertiary/aromatic N) is 2. The fourth-order valence-corrected chi connectivity index (χ4v) is 5.21. The summed E-state index contributed by atoms with van der Waals surface area (Å²) in [4.78, 5) is 28.4. The van der Waals surface area contributed by atoms with Crippen molar-refractivity contribution in [2.75, 3.05) is 45.2 Å². The van der Waals surface area contributed by atoms with E-state index >= 15 is 0 Å². The van der Waals surface area contributed by atoms with Crippen LogP contribution in [0.3, 0.4) is 0 Å². The summed E-state index contributed by atoms with van der Waals surface area (Å²) in [6.45, 7) is 6.29. The summed E-state index contributed by atoms with van der Waals surface area (Å²) in [5.74, 6) is 1.07. The van der Waals surface area contributed by atoms with Gasteiger partial charge in [0.25, 0.3) is 0 Å². The predicted molar refractivity (Wildman–Crippen MR) is 132 cm³/mol. The quantitative estimate of drug-likeness (QED) is 0.568. The van der Waals surface area contributed by atoms with Crippen molar-refractivity contribution in [2.24, 2.45) is 11.8 Å². The van der Waals surface area contributed by atoms with E-state index in [1.165, 1.54) is 6.08 Å². The normalized spacial score (nSPS) is 19.4. The Morgan fingerprint density at radius 1 is 1.03 bits per heavy atom. The topological polar surface area (TPSA) is 61.9 Å². The number of nitrogens with one attached hydrogen (secondary N) is 1. The molecule has 2 aliphatic rings. The van der Waals surface area contributed by atoms with Crippen LogP contribution in [0.1, 0.15) is 0 Å². The van der Waals surface area contributed by atoms with Crippen molar-refractivity contribution < 1.29 is 14.3 Å². The second kappa shape index (κ2) is 9.84. The zero-order valence-electron chi connectivity index (χ0n) is 18.1. The molecule has 2 unspecified atom stereocenters. The summed E-state index contributed by atoms with van der Waals surface area (Å²) in [5, 5.41) is 4.70. The molecule has 6 nitrogen and oxygen atoms in total. The van der Waals surface area contributed by atoms with Gasteiger partial charge >= 0.3 is 0 Å². The molecule has 0 radical (unpaired) electrons. The number of anilines is 1. The minimum atomic E-state index is -0.0469. The molecule has 4 rings (SSSR count). The van der Waals surface area contributed by atoms with E-state index in [1.54, 1.807) is 31.4 Å². The molecule has 2 heterocycles. The number of amides is 2. The van der Waals surface area contributed by atoms with Crippen LogP contribution in [0, 0.1) is 11.8 Å². The standard InChI is InChI=1S/C24H24Cl3N3O3/c1-3-23(31)29-10-14-12-30(13-15(14)11-29)24(32)9-28-21-7-18(20(27)8-22(21)33-2)17-6-16(25)4-5-19(17)26/h3-8,14-15,28H,1,9-13H2,2H3. The van der Waals surface area contributed by atoms with E-state index in [1.807, 2.05) is 15.9 Å². The molecule has 1 N–H and O–H groups in total. The van der Waals surface area contributed by atoms with Crippen molar-refractivity contribution in [3.8, 4) is 16.9 Å². The minimum Gasteiger partial charge on any atom is -0.495 e.